The highest BCUT2D eigenvalue weighted by Crippen LogP contribution is 2.23. The van der Waals surface area contributed by atoms with Gasteiger partial charge in [0.2, 0.25) is 0 Å². The van der Waals surface area contributed by atoms with Gasteiger partial charge in [0.15, 0.2) is 0 Å². The average Bonchev–Trinajstić information content (AvgIpc) is 3.05. The molecule has 0 spiro atoms. The summed E-state index contributed by atoms with van der Waals surface area (Å²) in [4.78, 5) is 24.3. The molecule has 3 heterocycles. The first-order chi connectivity index (χ1) is 12.7. The van der Waals surface area contributed by atoms with Crippen LogP contribution in [0.2, 0.25) is 0 Å². The molecule has 3 aromatic rings. The zero-order chi connectivity index (χ0) is 17.9. The maximum Gasteiger partial charge on any atom is 0.270 e. The molecule has 0 N–H and O–H groups in total. The first kappa shape index (κ1) is 16.9. The minimum atomic E-state index is -0.376. The lowest BCUT2D eigenvalue weighted by Gasteiger charge is -2.22. The summed E-state index contributed by atoms with van der Waals surface area (Å²) >= 11 is 1.63. The molecule has 0 aliphatic carbocycles. The Morgan fingerprint density at radius 2 is 2.08 bits per heavy atom. The number of pyridine rings is 1. The fraction of sp³-hybridized carbons (Fsp3) is 0.333. The van der Waals surface area contributed by atoms with Crippen molar-refractivity contribution < 1.29 is 4.92 Å². The van der Waals surface area contributed by atoms with Gasteiger partial charge < -0.3 is 4.90 Å². The highest BCUT2D eigenvalue weighted by atomic mass is 32.1. The van der Waals surface area contributed by atoms with Crippen LogP contribution in [0.15, 0.2) is 41.2 Å². The summed E-state index contributed by atoms with van der Waals surface area (Å²) in [6.07, 6.45) is 1.07. The minimum absolute atomic E-state index is 0.0968. The summed E-state index contributed by atoms with van der Waals surface area (Å²) in [5.74, 6) is 0.932. The van der Waals surface area contributed by atoms with Crippen LogP contribution in [0.4, 0.5) is 11.5 Å². The van der Waals surface area contributed by atoms with Crippen molar-refractivity contribution in [3.8, 4) is 0 Å². The van der Waals surface area contributed by atoms with Gasteiger partial charge in [0.25, 0.3) is 5.69 Å². The first-order valence-corrected chi connectivity index (χ1v) is 9.53. The molecule has 0 atom stereocenters. The third kappa shape index (κ3) is 3.66. The average molecular weight is 369 g/mol. The van der Waals surface area contributed by atoms with Crippen molar-refractivity contribution in [2.75, 3.05) is 31.1 Å². The van der Waals surface area contributed by atoms with E-state index in [1.54, 1.807) is 23.5 Å². The molecule has 0 bridgehead atoms. The van der Waals surface area contributed by atoms with Gasteiger partial charge in [0.1, 0.15) is 5.82 Å². The molecule has 0 radical (unpaired) electrons. The van der Waals surface area contributed by atoms with Crippen LogP contribution in [-0.2, 0) is 6.54 Å². The second-order valence-corrected chi connectivity index (χ2v) is 7.12. The van der Waals surface area contributed by atoms with Gasteiger partial charge in [-0.3, -0.25) is 15.0 Å². The number of nitrogens with zero attached hydrogens (tertiary/aromatic N) is 5. The Hall–Kier alpha value is -2.58. The SMILES string of the molecule is O=[N+]([O-])c1ccc2nc(N3CCCN(Cc4cscn4)CC3)ccc2c1. The van der Waals surface area contributed by atoms with Crippen LogP contribution in [0.3, 0.4) is 0 Å². The Balaban J connectivity index is 1.48. The summed E-state index contributed by atoms with van der Waals surface area (Å²) in [6.45, 7) is 4.78. The van der Waals surface area contributed by atoms with Crippen molar-refractivity contribution in [3.05, 3.63) is 57.0 Å². The van der Waals surface area contributed by atoms with Crippen molar-refractivity contribution >= 4 is 33.7 Å². The van der Waals surface area contributed by atoms with E-state index < -0.39 is 0 Å². The molecule has 26 heavy (non-hydrogen) atoms. The molecular weight excluding hydrogens is 350 g/mol. The molecule has 1 fully saturated rings. The van der Waals surface area contributed by atoms with Gasteiger partial charge in [-0.25, -0.2) is 9.97 Å². The molecular formula is C18H19N5O2S. The second kappa shape index (κ2) is 7.35. The van der Waals surface area contributed by atoms with E-state index in [0.29, 0.717) is 0 Å². The normalized spacial score (nSPS) is 15.9. The highest BCUT2D eigenvalue weighted by Gasteiger charge is 2.17. The van der Waals surface area contributed by atoms with Crippen molar-refractivity contribution in [1.29, 1.82) is 0 Å². The Morgan fingerprint density at radius 3 is 2.88 bits per heavy atom. The van der Waals surface area contributed by atoms with E-state index >= 15 is 0 Å². The van der Waals surface area contributed by atoms with Crippen molar-refractivity contribution in [1.82, 2.24) is 14.9 Å². The smallest absolute Gasteiger partial charge is 0.270 e. The fourth-order valence-electron chi connectivity index (χ4n) is 3.29. The number of nitro groups is 1. The quantitative estimate of drug-likeness (QED) is 0.519. The Labute approximate surface area is 155 Å². The van der Waals surface area contributed by atoms with E-state index in [-0.39, 0.29) is 10.6 Å². The van der Waals surface area contributed by atoms with Crippen LogP contribution in [0.25, 0.3) is 10.9 Å². The number of benzene rings is 1. The van der Waals surface area contributed by atoms with Crippen LogP contribution >= 0.6 is 11.3 Å². The zero-order valence-corrected chi connectivity index (χ0v) is 15.1. The van der Waals surface area contributed by atoms with Crippen LogP contribution in [0.1, 0.15) is 12.1 Å². The lowest BCUT2D eigenvalue weighted by atomic mass is 10.2. The predicted octanol–water partition coefficient (Wildman–Crippen LogP) is 3.31. The van der Waals surface area contributed by atoms with Crippen LogP contribution in [-0.4, -0.2) is 46.0 Å². The molecule has 8 heteroatoms. The number of fused-ring (bicyclic) bond motifs is 1. The molecule has 0 saturated carbocycles. The van der Waals surface area contributed by atoms with Gasteiger partial charge in [0, 0.05) is 55.6 Å². The maximum absolute atomic E-state index is 10.9. The number of thiazole rings is 1. The van der Waals surface area contributed by atoms with Crippen molar-refractivity contribution in [2.45, 2.75) is 13.0 Å². The topological polar surface area (TPSA) is 75.4 Å². The molecule has 1 aliphatic rings. The summed E-state index contributed by atoms with van der Waals surface area (Å²) in [5, 5.41) is 13.8. The van der Waals surface area contributed by atoms with Gasteiger partial charge in [-0.05, 0) is 24.6 Å². The van der Waals surface area contributed by atoms with Gasteiger partial charge in [0.05, 0.1) is 21.6 Å². The lowest BCUT2D eigenvalue weighted by Crippen LogP contribution is -2.31. The van der Waals surface area contributed by atoms with Crippen molar-refractivity contribution in [3.63, 3.8) is 0 Å². The molecule has 2 aromatic heterocycles. The monoisotopic (exact) mass is 369 g/mol. The molecule has 134 valence electrons. The van der Waals surface area contributed by atoms with Crippen LogP contribution in [0.5, 0.6) is 0 Å². The van der Waals surface area contributed by atoms with Gasteiger partial charge in [-0.1, -0.05) is 0 Å². The number of nitro benzene ring substituents is 1. The molecule has 0 amide bonds. The van der Waals surface area contributed by atoms with Gasteiger partial charge >= 0.3 is 0 Å². The summed E-state index contributed by atoms with van der Waals surface area (Å²) < 4.78 is 0. The van der Waals surface area contributed by atoms with Crippen LogP contribution in [0, 0.1) is 10.1 Å². The number of aromatic nitrogens is 2. The fourth-order valence-corrected chi connectivity index (χ4v) is 3.84. The first-order valence-electron chi connectivity index (χ1n) is 8.58. The highest BCUT2D eigenvalue weighted by molar-refractivity contribution is 7.07. The summed E-state index contributed by atoms with van der Waals surface area (Å²) in [7, 11) is 0. The van der Waals surface area contributed by atoms with Crippen molar-refractivity contribution in [2.24, 2.45) is 0 Å². The van der Waals surface area contributed by atoms with Gasteiger partial charge in [-0.15, -0.1) is 11.3 Å². The Kier molecular flexibility index (Phi) is 4.77. The number of rotatable bonds is 4. The van der Waals surface area contributed by atoms with E-state index in [1.807, 2.05) is 17.6 Å². The molecule has 4 rings (SSSR count). The zero-order valence-electron chi connectivity index (χ0n) is 14.2. The minimum Gasteiger partial charge on any atom is -0.355 e. The number of anilines is 1. The predicted molar refractivity (Wildman–Crippen MR) is 103 cm³/mol. The van der Waals surface area contributed by atoms with E-state index in [4.69, 9.17) is 4.98 Å². The largest absolute Gasteiger partial charge is 0.355 e. The number of hydrogen-bond donors (Lipinski definition) is 0. The van der Waals surface area contributed by atoms with Gasteiger partial charge in [-0.2, -0.15) is 0 Å². The number of non-ortho nitro benzene ring substituents is 1. The lowest BCUT2D eigenvalue weighted by molar-refractivity contribution is -0.384. The molecule has 1 saturated heterocycles. The number of hydrogen-bond acceptors (Lipinski definition) is 7. The third-order valence-electron chi connectivity index (χ3n) is 4.65. The van der Waals surface area contributed by atoms with E-state index in [2.05, 4.69) is 20.2 Å². The van der Waals surface area contributed by atoms with Crippen LogP contribution < -0.4 is 4.90 Å². The summed E-state index contributed by atoms with van der Waals surface area (Å²) in [5.41, 5.74) is 3.90. The molecule has 7 nitrogen and oxygen atoms in total. The molecule has 0 unspecified atom stereocenters. The molecule has 1 aromatic carbocycles. The standard InChI is InChI=1S/C18H19N5O2S/c24-23(25)16-3-4-17-14(10-16)2-5-18(20-17)22-7-1-6-21(8-9-22)11-15-12-26-13-19-15/h2-5,10,12-13H,1,6-9,11H2. The van der Waals surface area contributed by atoms with E-state index in [1.165, 1.54) is 6.07 Å². The van der Waals surface area contributed by atoms with E-state index in [0.717, 1.165) is 61.6 Å². The second-order valence-electron chi connectivity index (χ2n) is 6.40. The van der Waals surface area contributed by atoms with E-state index in [9.17, 15) is 10.1 Å². The Morgan fingerprint density at radius 1 is 1.15 bits per heavy atom. The Bertz CT molecular complexity index is 915. The third-order valence-corrected chi connectivity index (χ3v) is 5.29. The molecule has 1 aliphatic heterocycles. The maximum atomic E-state index is 10.9. The summed E-state index contributed by atoms with van der Waals surface area (Å²) in [6, 6.07) is 8.69.